The van der Waals surface area contributed by atoms with Gasteiger partial charge in [0, 0.05) is 12.7 Å². The monoisotopic (exact) mass is 250 g/mol. The first-order chi connectivity index (χ1) is 8.38. The molecule has 1 aromatic rings. The predicted octanol–water partition coefficient (Wildman–Crippen LogP) is 0.507. The van der Waals surface area contributed by atoms with Crippen molar-refractivity contribution in [2.75, 3.05) is 11.9 Å². The van der Waals surface area contributed by atoms with Gasteiger partial charge in [-0.1, -0.05) is 0 Å². The molecule has 4 N–H and O–H groups in total. The Morgan fingerprint density at radius 1 is 1.44 bits per heavy atom. The fourth-order valence-electron chi connectivity index (χ4n) is 1.31. The summed E-state index contributed by atoms with van der Waals surface area (Å²) in [6.45, 7) is 5.66. The molecule has 0 saturated heterocycles. The zero-order valence-corrected chi connectivity index (χ0v) is 10.8. The van der Waals surface area contributed by atoms with Crippen molar-refractivity contribution in [2.24, 2.45) is 5.73 Å². The van der Waals surface area contributed by atoms with E-state index in [9.17, 15) is 9.59 Å². The molecule has 0 atom stereocenters. The first-order valence-corrected chi connectivity index (χ1v) is 5.69. The van der Waals surface area contributed by atoms with Gasteiger partial charge in [0.05, 0.1) is 5.56 Å². The lowest BCUT2D eigenvalue weighted by atomic mass is 10.0. The van der Waals surface area contributed by atoms with Gasteiger partial charge in [0.1, 0.15) is 11.4 Å². The zero-order valence-electron chi connectivity index (χ0n) is 10.8. The van der Waals surface area contributed by atoms with Crippen LogP contribution in [-0.2, 0) is 4.79 Å². The molecule has 0 aliphatic heterocycles. The molecule has 1 aromatic heterocycles. The molecule has 1 heterocycles. The molecule has 0 aliphatic rings. The Kier molecular flexibility index (Phi) is 4.25. The standard InChI is InChI=1S/C12H18N4O2/c1-4-14-9-8(6-5-7-15-9)10(17)16-12(2,3)11(13)18/h5-7H,4H2,1-3H3,(H2,13,18)(H,14,15)(H,16,17). The van der Waals surface area contributed by atoms with Crippen molar-refractivity contribution in [3.63, 3.8) is 0 Å². The van der Waals surface area contributed by atoms with Crippen LogP contribution in [0.4, 0.5) is 5.82 Å². The molecular weight excluding hydrogens is 232 g/mol. The lowest BCUT2D eigenvalue weighted by Gasteiger charge is -2.22. The summed E-state index contributed by atoms with van der Waals surface area (Å²) in [7, 11) is 0. The van der Waals surface area contributed by atoms with Crippen molar-refractivity contribution >= 4 is 17.6 Å². The second-order valence-electron chi connectivity index (χ2n) is 4.37. The van der Waals surface area contributed by atoms with E-state index in [0.29, 0.717) is 17.9 Å². The second kappa shape index (κ2) is 5.48. The van der Waals surface area contributed by atoms with Gasteiger partial charge in [-0.3, -0.25) is 9.59 Å². The fourth-order valence-corrected chi connectivity index (χ4v) is 1.31. The minimum atomic E-state index is -1.10. The zero-order chi connectivity index (χ0) is 13.8. The van der Waals surface area contributed by atoms with Gasteiger partial charge in [0.15, 0.2) is 0 Å². The fraction of sp³-hybridized carbons (Fsp3) is 0.417. The number of amides is 2. The van der Waals surface area contributed by atoms with Crippen molar-refractivity contribution in [3.8, 4) is 0 Å². The Hall–Kier alpha value is -2.11. The molecule has 0 radical (unpaired) electrons. The van der Waals surface area contributed by atoms with Crippen LogP contribution in [0.25, 0.3) is 0 Å². The van der Waals surface area contributed by atoms with Gasteiger partial charge in [-0.15, -0.1) is 0 Å². The van der Waals surface area contributed by atoms with Crippen LogP contribution >= 0.6 is 0 Å². The number of nitrogens with one attached hydrogen (secondary N) is 2. The largest absolute Gasteiger partial charge is 0.370 e. The van der Waals surface area contributed by atoms with Crippen LogP contribution < -0.4 is 16.4 Å². The molecule has 0 aliphatic carbocycles. The Bertz CT molecular complexity index is 457. The van der Waals surface area contributed by atoms with E-state index < -0.39 is 11.4 Å². The van der Waals surface area contributed by atoms with E-state index in [-0.39, 0.29) is 5.91 Å². The molecule has 0 fully saturated rings. The van der Waals surface area contributed by atoms with Crippen molar-refractivity contribution in [1.82, 2.24) is 10.3 Å². The van der Waals surface area contributed by atoms with Gasteiger partial charge in [-0.2, -0.15) is 0 Å². The molecule has 6 nitrogen and oxygen atoms in total. The average Bonchev–Trinajstić information content (AvgIpc) is 2.29. The number of primary amides is 1. The predicted molar refractivity (Wildman–Crippen MR) is 69.1 cm³/mol. The summed E-state index contributed by atoms with van der Waals surface area (Å²) in [6.07, 6.45) is 1.59. The Labute approximate surface area is 106 Å². The SMILES string of the molecule is CCNc1ncccc1C(=O)NC(C)(C)C(N)=O. The number of carbonyl (C=O) groups is 2. The molecule has 0 spiro atoms. The molecule has 98 valence electrons. The molecular formula is C12H18N4O2. The van der Waals surface area contributed by atoms with Crippen LogP contribution in [0.2, 0.25) is 0 Å². The third-order valence-electron chi connectivity index (χ3n) is 2.44. The third kappa shape index (κ3) is 3.19. The van der Waals surface area contributed by atoms with E-state index in [1.54, 1.807) is 32.2 Å². The number of anilines is 1. The molecule has 0 unspecified atom stereocenters. The quantitative estimate of drug-likeness (QED) is 0.709. The molecule has 6 heteroatoms. The highest BCUT2D eigenvalue weighted by Gasteiger charge is 2.28. The highest BCUT2D eigenvalue weighted by Crippen LogP contribution is 2.12. The summed E-state index contributed by atoms with van der Waals surface area (Å²) in [5.74, 6) is -0.495. The molecule has 0 bridgehead atoms. The number of hydrogen-bond donors (Lipinski definition) is 3. The summed E-state index contributed by atoms with van der Waals surface area (Å²) in [6, 6.07) is 3.30. The maximum absolute atomic E-state index is 12.1. The Morgan fingerprint density at radius 2 is 2.11 bits per heavy atom. The van der Waals surface area contributed by atoms with Gasteiger partial charge in [-0.25, -0.2) is 4.98 Å². The lowest BCUT2D eigenvalue weighted by Crippen LogP contribution is -2.53. The van der Waals surface area contributed by atoms with Crippen LogP contribution in [0.3, 0.4) is 0 Å². The summed E-state index contributed by atoms with van der Waals surface area (Å²) < 4.78 is 0. The topological polar surface area (TPSA) is 97.1 Å². The second-order valence-corrected chi connectivity index (χ2v) is 4.37. The van der Waals surface area contributed by atoms with E-state index in [1.165, 1.54) is 0 Å². The minimum Gasteiger partial charge on any atom is -0.370 e. The number of aromatic nitrogens is 1. The number of nitrogens with zero attached hydrogens (tertiary/aromatic N) is 1. The van der Waals surface area contributed by atoms with Crippen molar-refractivity contribution < 1.29 is 9.59 Å². The first-order valence-electron chi connectivity index (χ1n) is 5.69. The van der Waals surface area contributed by atoms with E-state index in [0.717, 1.165) is 0 Å². The van der Waals surface area contributed by atoms with Gasteiger partial charge >= 0.3 is 0 Å². The molecule has 0 saturated carbocycles. The van der Waals surface area contributed by atoms with Crippen molar-refractivity contribution in [2.45, 2.75) is 26.3 Å². The van der Waals surface area contributed by atoms with Crippen molar-refractivity contribution in [3.05, 3.63) is 23.9 Å². The van der Waals surface area contributed by atoms with E-state index >= 15 is 0 Å². The first kappa shape index (κ1) is 14.0. The van der Waals surface area contributed by atoms with Gasteiger partial charge in [0.25, 0.3) is 5.91 Å². The average molecular weight is 250 g/mol. The molecule has 1 rings (SSSR count). The summed E-state index contributed by atoms with van der Waals surface area (Å²) in [5.41, 5.74) is 4.49. The molecule has 18 heavy (non-hydrogen) atoms. The van der Waals surface area contributed by atoms with Crippen LogP contribution in [0, 0.1) is 0 Å². The smallest absolute Gasteiger partial charge is 0.255 e. The summed E-state index contributed by atoms with van der Waals surface area (Å²) >= 11 is 0. The number of rotatable bonds is 5. The maximum Gasteiger partial charge on any atom is 0.255 e. The van der Waals surface area contributed by atoms with Gasteiger partial charge in [0.2, 0.25) is 5.91 Å². The Morgan fingerprint density at radius 3 is 2.67 bits per heavy atom. The van der Waals surface area contributed by atoms with E-state index in [4.69, 9.17) is 5.73 Å². The van der Waals surface area contributed by atoms with Crippen LogP contribution in [0.5, 0.6) is 0 Å². The van der Waals surface area contributed by atoms with E-state index in [1.807, 2.05) is 6.92 Å². The summed E-state index contributed by atoms with van der Waals surface area (Å²) in [5, 5.41) is 5.56. The third-order valence-corrected chi connectivity index (χ3v) is 2.44. The molecule has 2 amide bonds. The number of hydrogen-bond acceptors (Lipinski definition) is 4. The van der Waals surface area contributed by atoms with E-state index in [2.05, 4.69) is 15.6 Å². The lowest BCUT2D eigenvalue weighted by molar-refractivity contribution is -0.122. The Balaban J connectivity index is 2.94. The van der Waals surface area contributed by atoms with Gasteiger partial charge < -0.3 is 16.4 Å². The normalized spacial score (nSPS) is 10.8. The maximum atomic E-state index is 12.1. The van der Waals surface area contributed by atoms with Gasteiger partial charge in [-0.05, 0) is 32.9 Å². The highest BCUT2D eigenvalue weighted by atomic mass is 16.2. The van der Waals surface area contributed by atoms with Crippen molar-refractivity contribution in [1.29, 1.82) is 0 Å². The molecule has 0 aromatic carbocycles. The van der Waals surface area contributed by atoms with Crippen LogP contribution in [0.1, 0.15) is 31.1 Å². The minimum absolute atomic E-state index is 0.383. The number of carbonyl (C=O) groups excluding carboxylic acids is 2. The number of nitrogens with two attached hydrogens (primary N) is 1. The summed E-state index contributed by atoms with van der Waals surface area (Å²) in [4.78, 5) is 27.3. The highest BCUT2D eigenvalue weighted by molar-refractivity contribution is 6.01. The van der Waals surface area contributed by atoms with Crippen LogP contribution in [-0.4, -0.2) is 28.9 Å². The van der Waals surface area contributed by atoms with Crippen LogP contribution in [0.15, 0.2) is 18.3 Å². The number of pyridine rings is 1.